The summed E-state index contributed by atoms with van der Waals surface area (Å²) >= 11 is 0. The molecule has 0 aliphatic carbocycles. The minimum absolute atomic E-state index is 0.862. The molecule has 0 spiro atoms. The smallest absolute Gasteiger partial charge is 0.165 e. The van der Waals surface area contributed by atoms with Gasteiger partial charge in [-0.15, -0.1) is 5.10 Å². The van der Waals surface area contributed by atoms with Gasteiger partial charge in [0.15, 0.2) is 22.6 Å². The van der Waals surface area contributed by atoms with Crippen molar-refractivity contribution in [3.05, 3.63) is 37.2 Å². The standard InChI is InChI=1S/C17H19N9/c1-23-12-21-15-16(23)19-11-20-17(15)25-7-2-6-24(9-10-25)14-4-3-13-18-5-8-26(13)22-14/h3-5,8,11-12H,2,6-7,9-10H2,1H3. The van der Waals surface area contributed by atoms with Crippen LogP contribution in [-0.2, 0) is 7.05 Å². The predicted octanol–water partition coefficient (Wildman–Crippen LogP) is 1.12. The summed E-state index contributed by atoms with van der Waals surface area (Å²) in [5, 5.41) is 4.67. The fourth-order valence-electron chi connectivity index (χ4n) is 3.50. The second kappa shape index (κ2) is 5.94. The Morgan fingerprint density at radius 3 is 2.77 bits per heavy atom. The van der Waals surface area contributed by atoms with Crippen molar-refractivity contribution >= 4 is 28.4 Å². The lowest BCUT2D eigenvalue weighted by Gasteiger charge is -2.23. The molecule has 9 nitrogen and oxygen atoms in total. The lowest BCUT2D eigenvalue weighted by Crippen LogP contribution is -2.32. The molecule has 1 aliphatic rings. The summed E-state index contributed by atoms with van der Waals surface area (Å²) in [4.78, 5) is 22.2. The van der Waals surface area contributed by atoms with Crippen molar-refractivity contribution in [1.82, 2.24) is 34.1 Å². The molecule has 132 valence electrons. The molecule has 0 atom stereocenters. The number of hydrogen-bond acceptors (Lipinski definition) is 7. The first kappa shape index (κ1) is 15.1. The van der Waals surface area contributed by atoms with Crippen LogP contribution in [-0.4, -0.2) is 60.3 Å². The number of aromatic nitrogens is 7. The number of hydrogen-bond donors (Lipinski definition) is 0. The number of imidazole rings is 2. The van der Waals surface area contributed by atoms with Crippen molar-refractivity contribution < 1.29 is 0 Å². The summed E-state index contributed by atoms with van der Waals surface area (Å²) in [6.07, 6.45) is 8.08. The van der Waals surface area contributed by atoms with Gasteiger partial charge < -0.3 is 14.4 Å². The van der Waals surface area contributed by atoms with Crippen molar-refractivity contribution in [3.63, 3.8) is 0 Å². The van der Waals surface area contributed by atoms with Gasteiger partial charge in [-0.25, -0.2) is 24.5 Å². The van der Waals surface area contributed by atoms with Crippen molar-refractivity contribution in [3.8, 4) is 0 Å². The Hall–Kier alpha value is -3.23. The van der Waals surface area contributed by atoms with Crippen LogP contribution in [0.3, 0.4) is 0 Å². The summed E-state index contributed by atoms with van der Waals surface area (Å²) in [7, 11) is 1.95. The molecule has 0 bridgehead atoms. The monoisotopic (exact) mass is 349 g/mol. The van der Waals surface area contributed by atoms with Crippen LogP contribution in [0.4, 0.5) is 11.6 Å². The third-order valence-corrected chi connectivity index (χ3v) is 4.84. The van der Waals surface area contributed by atoms with Crippen LogP contribution < -0.4 is 9.80 Å². The van der Waals surface area contributed by atoms with E-state index in [1.807, 2.05) is 34.5 Å². The van der Waals surface area contributed by atoms with Gasteiger partial charge in [0.05, 0.1) is 6.33 Å². The molecule has 4 aromatic heterocycles. The largest absolute Gasteiger partial charge is 0.353 e. The first-order valence-corrected chi connectivity index (χ1v) is 8.72. The van der Waals surface area contributed by atoms with E-state index in [0.717, 1.165) is 61.0 Å². The van der Waals surface area contributed by atoms with E-state index in [4.69, 9.17) is 0 Å². The maximum Gasteiger partial charge on any atom is 0.165 e. The third kappa shape index (κ3) is 2.43. The van der Waals surface area contributed by atoms with Gasteiger partial charge in [-0.2, -0.15) is 0 Å². The lowest BCUT2D eigenvalue weighted by atomic mass is 10.3. The van der Waals surface area contributed by atoms with Gasteiger partial charge in [-0.1, -0.05) is 0 Å². The van der Waals surface area contributed by atoms with E-state index in [1.54, 1.807) is 18.9 Å². The van der Waals surface area contributed by atoms with E-state index in [9.17, 15) is 0 Å². The molecule has 0 N–H and O–H groups in total. The van der Waals surface area contributed by atoms with Gasteiger partial charge in [-0.05, 0) is 18.6 Å². The number of aryl methyl sites for hydroxylation is 1. The molecule has 9 heteroatoms. The lowest BCUT2D eigenvalue weighted by molar-refractivity contribution is 0.776. The number of fused-ring (bicyclic) bond motifs is 2. The highest BCUT2D eigenvalue weighted by Crippen LogP contribution is 2.23. The zero-order valence-electron chi connectivity index (χ0n) is 14.5. The zero-order valence-corrected chi connectivity index (χ0v) is 14.5. The number of rotatable bonds is 2. The second-order valence-electron chi connectivity index (χ2n) is 6.47. The molecule has 1 fully saturated rings. The van der Waals surface area contributed by atoms with Gasteiger partial charge in [0.25, 0.3) is 0 Å². The normalized spacial score (nSPS) is 15.7. The molecule has 4 aromatic rings. The van der Waals surface area contributed by atoms with Crippen LogP contribution in [0.1, 0.15) is 6.42 Å². The Balaban J connectivity index is 1.41. The van der Waals surface area contributed by atoms with Gasteiger partial charge in [-0.3, -0.25) is 0 Å². The van der Waals surface area contributed by atoms with Crippen LogP contribution in [0.25, 0.3) is 16.8 Å². The Labute approximate surface area is 149 Å². The maximum absolute atomic E-state index is 4.67. The van der Waals surface area contributed by atoms with Gasteiger partial charge in [0, 0.05) is 45.6 Å². The molecule has 0 amide bonds. The Morgan fingerprint density at radius 1 is 0.923 bits per heavy atom. The first-order chi connectivity index (χ1) is 12.8. The van der Waals surface area contributed by atoms with E-state index in [1.165, 1.54) is 0 Å². The second-order valence-corrected chi connectivity index (χ2v) is 6.47. The summed E-state index contributed by atoms with van der Waals surface area (Å²) < 4.78 is 3.74. The molecule has 1 aliphatic heterocycles. The van der Waals surface area contributed by atoms with Crippen LogP contribution in [0, 0.1) is 0 Å². The summed E-state index contributed by atoms with van der Waals surface area (Å²) in [6, 6.07) is 4.05. The molecule has 0 unspecified atom stereocenters. The highest BCUT2D eigenvalue weighted by Gasteiger charge is 2.20. The zero-order chi connectivity index (χ0) is 17.5. The molecule has 1 saturated heterocycles. The van der Waals surface area contributed by atoms with E-state index >= 15 is 0 Å². The first-order valence-electron chi connectivity index (χ1n) is 8.72. The number of anilines is 2. The van der Waals surface area contributed by atoms with E-state index in [0.29, 0.717) is 0 Å². The maximum atomic E-state index is 4.67. The van der Waals surface area contributed by atoms with Crippen LogP contribution in [0.15, 0.2) is 37.2 Å². The average molecular weight is 349 g/mol. The average Bonchev–Trinajstić information content (AvgIpc) is 3.21. The van der Waals surface area contributed by atoms with Crippen molar-refractivity contribution in [2.45, 2.75) is 6.42 Å². The molecule has 0 radical (unpaired) electrons. The quantitative estimate of drug-likeness (QED) is 0.536. The molecule has 5 rings (SSSR count). The van der Waals surface area contributed by atoms with Crippen LogP contribution in [0.5, 0.6) is 0 Å². The number of nitrogens with zero attached hydrogens (tertiary/aromatic N) is 9. The summed E-state index contributed by atoms with van der Waals surface area (Å²) in [5.41, 5.74) is 2.59. The van der Waals surface area contributed by atoms with Gasteiger partial charge in [0.1, 0.15) is 12.1 Å². The van der Waals surface area contributed by atoms with Crippen molar-refractivity contribution in [1.29, 1.82) is 0 Å². The minimum atomic E-state index is 0.862. The summed E-state index contributed by atoms with van der Waals surface area (Å²) in [5.74, 6) is 1.89. The SMILES string of the molecule is Cn1cnc2c(N3CCCN(c4ccc5nccn5n4)CC3)ncnc21. The highest BCUT2D eigenvalue weighted by molar-refractivity contribution is 5.83. The molecule has 0 aromatic carbocycles. The molecular formula is C17H19N9. The Morgan fingerprint density at radius 2 is 1.81 bits per heavy atom. The van der Waals surface area contributed by atoms with Crippen LogP contribution >= 0.6 is 0 Å². The molecular weight excluding hydrogens is 330 g/mol. The fourth-order valence-corrected chi connectivity index (χ4v) is 3.50. The van der Waals surface area contributed by atoms with E-state index in [2.05, 4.69) is 34.8 Å². The van der Waals surface area contributed by atoms with E-state index < -0.39 is 0 Å². The highest BCUT2D eigenvalue weighted by atomic mass is 15.3. The minimum Gasteiger partial charge on any atom is -0.353 e. The Kier molecular flexibility index (Phi) is 3.44. The van der Waals surface area contributed by atoms with Gasteiger partial charge >= 0.3 is 0 Å². The van der Waals surface area contributed by atoms with Crippen LogP contribution in [0.2, 0.25) is 0 Å². The molecule has 5 heterocycles. The van der Waals surface area contributed by atoms with E-state index in [-0.39, 0.29) is 0 Å². The Bertz CT molecular complexity index is 1070. The van der Waals surface area contributed by atoms with Crippen molar-refractivity contribution in [2.24, 2.45) is 7.05 Å². The molecule has 0 saturated carbocycles. The third-order valence-electron chi connectivity index (χ3n) is 4.84. The summed E-state index contributed by atoms with van der Waals surface area (Å²) in [6.45, 7) is 3.64. The topological polar surface area (TPSA) is 80.3 Å². The predicted molar refractivity (Wildman–Crippen MR) is 98.3 cm³/mol. The fraction of sp³-hybridized carbons (Fsp3) is 0.353. The van der Waals surface area contributed by atoms with Gasteiger partial charge in [0.2, 0.25) is 0 Å². The van der Waals surface area contributed by atoms with Crippen molar-refractivity contribution in [2.75, 3.05) is 36.0 Å². The molecule has 26 heavy (non-hydrogen) atoms.